The second-order valence-corrected chi connectivity index (χ2v) is 5.20. The topological polar surface area (TPSA) is 88.7 Å². The number of fused-ring (bicyclic) bond motifs is 1. The Balaban J connectivity index is 1.89. The Labute approximate surface area is 129 Å². The first-order valence-corrected chi connectivity index (χ1v) is 6.74. The lowest BCUT2D eigenvalue weighted by molar-refractivity contribution is -0.125. The van der Waals surface area contributed by atoms with Crippen molar-refractivity contribution in [2.75, 3.05) is 5.06 Å². The molecule has 114 valence electrons. The number of anilines is 1. The van der Waals surface area contributed by atoms with Gasteiger partial charge in [0.1, 0.15) is 17.3 Å². The maximum absolute atomic E-state index is 13.4. The lowest BCUT2D eigenvalue weighted by atomic mass is 10.0. The van der Waals surface area contributed by atoms with Gasteiger partial charge < -0.3 is 10.5 Å². The summed E-state index contributed by atoms with van der Waals surface area (Å²) >= 11 is 5.60. The Kier molecular flexibility index (Phi) is 3.69. The summed E-state index contributed by atoms with van der Waals surface area (Å²) in [6, 6.07) is 4.78. The van der Waals surface area contributed by atoms with Crippen molar-refractivity contribution in [1.29, 1.82) is 0 Å². The fraction of sp³-hybridized carbons (Fsp3) is 0.143. The van der Waals surface area contributed by atoms with E-state index in [1.165, 1.54) is 18.3 Å². The zero-order valence-electron chi connectivity index (χ0n) is 11.2. The molecule has 1 aliphatic heterocycles. The van der Waals surface area contributed by atoms with Crippen LogP contribution in [-0.2, 0) is 11.2 Å². The molecule has 0 aliphatic carbocycles. The number of hydrogen-bond donors (Lipinski definition) is 2. The predicted molar refractivity (Wildman–Crippen MR) is 76.7 cm³/mol. The Morgan fingerprint density at radius 3 is 2.91 bits per heavy atom. The van der Waals surface area contributed by atoms with Gasteiger partial charge in [-0.05, 0) is 18.2 Å². The fourth-order valence-electron chi connectivity index (χ4n) is 2.14. The van der Waals surface area contributed by atoms with Gasteiger partial charge in [-0.2, -0.15) is 5.06 Å². The number of hydrogen-bond acceptors (Lipinski definition) is 5. The number of nitrogens with two attached hydrogens (primary N) is 1. The van der Waals surface area contributed by atoms with Crippen LogP contribution < -0.4 is 15.5 Å². The maximum Gasteiger partial charge on any atom is 0.269 e. The number of ether oxygens (including phenoxy) is 1. The number of carbonyl (C=O) groups excluding carboxylic acids is 1. The molecule has 3 N–H and O–H groups in total. The third kappa shape index (κ3) is 2.61. The van der Waals surface area contributed by atoms with Gasteiger partial charge in [0.25, 0.3) is 5.91 Å². The molecule has 1 atom stereocenters. The first kappa shape index (κ1) is 14.7. The summed E-state index contributed by atoms with van der Waals surface area (Å²) in [5.74, 6) is -0.523. The van der Waals surface area contributed by atoms with Crippen LogP contribution in [0.4, 0.5) is 10.2 Å². The molecule has 1 aromatic heterocycles. The van der Waals surface area contributed by atoms with E-state index in [9.17, 15) is 14.4 Å². The highest BCUT2D eigenvalue weighted by atomic mass is 35.5. The number of benzene rings is 1. The summed E-state index contributed by atoms with van der Waals surface area (Å²) in [6.45, 7) is 0. The monoisotopic (exact) mass is 323 g/mol. The largest absolute Gasteiger partial charge is 0.456 e. The molecule has 3 rings (SSSR count). The SMILES string of the molecule is NC1Cc2cc(Oc3ccc(Cl)c(F)c3)cnc2N(O)C1=O. The van der Waals surface area contributed by atoms with E-state index in [-0.39, 0.29) is 23.0 Å². The highest BCUT2D eigenvalue weighted by molar-refractivity contribution is 6.30. The molecule has 1 amide bonds. The molecule has 0 bridgehead atoms. The Morgan fingerprint density at radius 1 is 1.41 bits per heavy atom. The average molecular weight is 324 g/mol. The molecule has 0 saturated carbocycles. The van der Waals surface area contributed by atoms with Gasteiger partial charge in [0.2, 0.25) is 0 Å². The first-order valence-electron chi connectivity index (χ1n) is 6.36. The van der Waals surface area contributed by atoms with Crippen molar-refractivity contribution in [2.24, 2.45) is 5.73 Å². The Morgan fingerprint density at radius 2 is 2.18 bits per heavy atom. The summed E-state index contributed by atoms with van der Waals surface area (Å²) in [6.07, 6.45) is 1.54. The number of hydroxylamine groups is 1. The van der Waals surface area contributed by atoms with Crippen molar-refractivity contribution in [3.05, 3.63) is 46.9 Å². The van der Waals surface area contributed by atoms with Crippen LogP contribution in [-0.4, -0.2) is 22.1 Å². The van der Waals surface area contributed by atoms with E-state index in [0.717, 1.165) is 6.07 Å². The smallest absolute Gasteiger partial charge is 0.269 e. The fourth-order valence-corrected chi connectivity index (χ4v) is 2.26. The molecule has 8 heteroatoms. The molecule has 2 heterocycles. The standard InChI is InChI=1S/C14H11ClFN3O3/c15-10-2-1-8(5-11(10)16)22-9-3-7-4-12(17)14(20)19(21)13(7)18-6-9/h1-3,5-6,12,21H,4,17H2. The maximum atomic E-state index is 13.4. The molecule has 1 aliphatic rings. The van der Waals surface area contributed by atoms with Crippen LogP contribution in [0.2, 0.25) is 5.02 Å². The second kappa shape index (κ2) is 5.53. The zero-order valence-corrected chi connectivity index (χ0v) is 11.9. The number of pyridine rings is 1. The summed E-state index contributed by atoms with van der Waals surface area (Å²) in [4.78, 5) is 15.5. The van der Waals surface area contributed by atoms with Gasteiger partial charge in [-0.1, -0.05) is 11.6 Å². The summed E-state index contributed by atoms with van der Waals surface area (Å²) < 4.78 is 18.9. The van der Waals surface area contributed by atoms with Gasteiger partial charge in [-0.25, -0.2) is 9.37 Å². The highest BCUT2D eigenvalue weighted by Crippen LogP contribution is 2.30. The van der Waals surface area contributed by atoms with E-state index in [4.69, 9.17) is 22.1 Å². The van der Waals surface area contributed by atoms with Crippen LogP contribution in [0.25, 0.3) is 0 Å². The van der Waals surface area contributed by atoms with Gasteiger partial charge in [0.05, 0.1) is 17.3 Å². The van der Waals surface area contributed by atoms with Crippen molar-refractivity contribution < 1.29 is 19.1 Å². The quantitative estimate of drug-likeness (QED) is 0.828. The summed E-state index contributed by atoms with van der Waals surface area (Å²) in [5, 5.41) is 10.1. The molecule has 0 fully saturated rings. The van der Waals surface area contributed by atoms with Crippen molar-refractivity contribution >= 4 is 23.3 Å². The second-order valence-electron chi connectivity index (χ2n) is 4.79. The van der Waals surface area contributed by atoms with E-state index >= 15 is 0 Å². The normalized spacial score (nSPS) is 17.4. The van der Waals surface area contributed by atoms with Crippen LogP contribution in [0.15, 0.2) is 30.5 Å². The number of nitrogens with zero attached hydrogens (tertiary/aromatic N) is 2. The minimum Gasteiger partial charge on any atom is -0.456 e. The number of amides is 1. The van der Waals surface area contributed by atoms with Crippen LogP contribution in [0.1, 0.15) is 5.56 Å². The molecule has 1 aromatic carbocycles. The van der Waals surface area contributed by atoms with Gasteiger partial charge in [0, 0.05) is 18.1 Å². The van der Waals surface area contributed by atoms with Gasteiger partial charge in [-0.3, -0.25) is 10.0 Å². The average Bonchev–Trinajstić information content (AvgIpc) is 2.49. The molecule has 2 aromatic rings. The van der Waals surface area contributed by atoms with Crippen LogP contribution in [0, 0.1) is 5.82 Å². The third-order valence-electron chi connectivity index (χ3n) is 3.21. The van der Waals surface area contributed by atoms with E-state index in [0.29, 0.717) is 16.4 Å². The molecule has 0 saturated heterocycles. The van der Waals surface area contributed by atoms with E-state index in [1.807, 2.05) is 0 Å². The van der Waals surface area contributed by atoms with Gasteiger partial charge in [0.15, 0.2) is 5.82 Å². The minimum atomic E-state index is -0.845. The van der Waals surface area contributed by atoms with Crippen LogP contribution in [0.3, 0.4) is 0 Å². The number of carbonyl (C=O) groups is 1. The van der Waals surface area contributed by atoms with Crippen molar-refractivity contribution in [3.63, 3.8) is 0 Å². The molecule has 6 nitrogen and oxygen atoms in total. The molecule has 22 heavy (non-hydrogen) atoms. The van der Waals surface area contributed by atoms with E-state index in [1.54, 1.807) is 6.07 Å². The Bertz CT molecular complexity index is 756. The van der Waals surface area contributed by atoms with Crippen molar-refractivity contribution in [1.82, 2.24) is 4.98 Å². The number of rotatable bonds is 2. The summed E-state index contributed by atoms with van der Waals surface area (Å²) in [5.41, 5.74) is 6.20. The Hall–Kier alpha value is -2.22. The minimum absolute atomic E-state index is 0.00340. The number of aromatic nitrogens is 1. The predicted octanol–water partition coefficient (Wildman–Crippen LogP) is 2.27. The molecular weight excluding hydrogens is 313 g/mol. The highest BCUT2D eigenvalue weighted by Gasteiger charge is 2.31. The molecular formula is C14H11ClFN3O3. The summed E-state index contributed by atoms with van der Waals surface area (Å²) in [7, 11) is 0. The number of halogens is 2. The van der Waals surface area contributed by atoms with Gasteiger partial charge in [-0.15, -0.1) is 0 Å². The van der Waals surface area contributed by atoms with E-state index < -0.39 is 17.8 Å². The van der Waals surface area contributed by atoms with Crippen molar-refractivity contribution in [2.45, 2.75) is 12.5 Å². The van der Waals surface area contributed by atoms with E-state index in [2.05, 4.69) is 4.98 Å². The third-order valence-corrected chi connectivity index (χ3v) is 3.52. The van der Waals surface area contributed by atoms with Crippen LogP contribution >= 0.6 is 11.6 Å². The van der Waals surface area contributed by atoms with Crippen molar-refractivity contribution in [3.8, 4) is 11.5 Å². The van der Waals surface area contributed by atoms with Gasteiger partial charge >= 0.3 is 0 Å². The van der Waals surface area contributed by atoms with Crippen LogP contribution in [0.5, 0.6) is 11.5 Å². The molecule has 0 radical (unpaired) electrons. The lowest BCUT2D eigenvalue weighted by Gasteiger charge is -2.26. The molecule has 0 spiro atoms. The molecule has 1 unspecified atom stereocenters. The zero-order chi connectivity index (χ0) is 15.9. The lowest BCUT2D eigenvalue weighted by Crippen LogP contribution is -2.47. The first-order chi connectivity index (χ1) is 10.5.